The van der Waals surface area contributed by atoms with Crippen molar-refractivity contribution in [1.82, 2.24) is 9.97 Å². The van der Waals surface area contributed by atoms with Crippen LogP contribution in [0.3, 0.4) is 0 Å². The molecular weight excluding hydrogens is 324 g/mol. The summed E-state index contributed by atoms with van der Waals surface area (Å²) < 4.78 is 0. The van der Waals surface area contributed by atoms with Gasteiger partial charge in [0.2, 0.25) is 0 Å². The minimum atomic E-state index is -0.167. The topological polar surface area (TPSA) is 66.9 Å². The first-order chi connectivity index (χ1) is 11.7. The molecule has 6 heteroatoms. The molecule has 0 saturated carbocycles. The van der Waals surface area contributed by atoms with Crippen LogP contribution in [0.1, 0.15) is 15.9 Å². The van der Waals surface area contributed by atoms with Gasteiger partial charge in [0.1, 0.15) is 0 Å². The summed E-state index contributed by atoms with van der Waals surface area (Å²) in [6, 6.07) is 12.8. The highest BCUT2D eigenvalue weighted by atomic mass is 35.5. The molecule has 0 spiro atoms. The van der Waals surface area contributed by atoms with Gasteiger partial charge in [0.05, 0.1) is 10.7 Å². The minimum absolute atomic E-state index is 0.167. The number of aromatic nitrogens is 2. The highest BCUT2D eigenvalue weighted by Gasteiger charge is 2.06. The molecule has 0 atom stereocenters. The number of carbonyl (C=O) groups is 1. The average molecular weight is 339 g/mol. The summed E-state index contributed by atoms with van der Waals surface area (Å²) in [5.74, 6) is -0.167. The van der Waals surface area contributed by atoms with E-state index in [1.165, 1.54) is 0 Å². The summed E-state index contributed by atoms with van der Waals surface area (Å²) in [5.41, 5.74) is 3.14. The van der Waals surface area contributed by atoms with E-state index >= 15 is 0 Å². The Bertz CT molecular complexity index is 839. The molecular formula is C18H15ClN4O. The van der Waals surface area contributed by atoms with Crippen molar-refractivity contribution in [2.24, 2.45) is 0 Å². The number of rotatable bonds is 5. The molecule has 0 fully saturated rings. The van der Waals surface area contributed by atoms with Crippen LogP contribution in [-0.2, 0) is 6.54 Å². The van der Waals surface area contributed by atoms with E-state index in [1.807, 2.05) is 30.3 Å². The zero-order valence-electron chi connectivity index (χ0n) is 12.7. The average Bonchev–Trinajstić information content (AvgIpc) is 2.62. The molecule has 120 valence electrons. The molecule has 0 unspecified atom stereocenters. The van der Waals surface area contributed by atoms with Crippen molar-refractivity contribution >= 4 is 28.9 Å². The number of nitrogens with zero attached hydrogens (tertiary/aromatic N) is 2. The third-order valence-corrected chi connectivity index (χ3v) is 3.68. The highest BCUT2D eigenvalue weighted by molar-refractivity contribution is 6.33. The second-order valence-electron chi connectivity index (χ2n) is 5.10. The van der Waals surface area contributed by atoms with Crippen molar-refractivity contribution in [3.8, 4) is 0 Å². The van der Waals surface area contributed by atoms with Gasteiger partial charge in [0, 0.05) is 42.6 Å². The Hall–Kier alpha value is -2.92. The van der Waals surface area contributed by atoms with Crippen LogP contribution in [-0.4, -0.2) is 15.9 Å². The largest absolute Gasteiger partial charge is 0.380 e. The van der Waals surface area contributed by atoms with Gasteiger partial charge in [-0.15, -0.1) is 0 Å². The standard InChI is InChI=1S/C18H15ClN4O/c19-16-12-21-9-6-17(16)22-11-13-2-1-3-15(10-13)23-18(24)14-4-7-20-8-5-14/h1-10,12H,11H2,(H,21,22)(H,23,24). The Labute approximate surface area is 144 Å². The van der Waals surface area contributed by atoms with Crippen molar-refractivity contribution in [2.75, 3.05) is 10.6 Å². The van der Waals surface area contributed by atoms with Crippen LogP contribution in [0.4, 0.5) is 11.4 Å². The number of carbonyl (C=O) groups excluding carboxylic acids is 1. The lowest BCUT2D eigenvalue weighted by Gasteiger charge is -2.10. The Kier molecular flexibility index (Phi) is 5.03. The number of amides is 1. The van der Waals surface area contributed by atoms with Gasteiger partial charge in [-0.1, -0.05) is 23.7 Å². The molecule has 0 radical (unpaired) electrons. The van der Waals surface area contributed by atoms with Crippen molar-refractivity contribution in [3.63, 3.8) is 0 Å². The molecule has 1 aromatic carbocycles. The summed E-state index contributed by atoms with van der Waals surface area (Å²) in [4.78, 5) is 20.0. The van der Waals surface area contributed by atoms with Gasteiger partial charge in [0.15, 0.2) is 0 Å². The normalized spacial score (nSPS) is 10.2. The monoisotopic (exact) mass is 338 g/mol. The predicted octanol–water partition coefficient (Wildman–Crippen LogP) is 3.99. The summed E-state index contributed by atoms with van der Waals surface area (Å²) in [6.07, 6.45) is 6.45. The van der Waals surface area contributed by atoms with Crippen LogP contribution in [0.2, 0.25) is 5.02 Å². The fraction of sp³-hybridized carbons (Fsp3) is 0.0556. The molecule has 3 rings (SSSR count). The number of pyridine rings is 2. The molecule has 0 bridgehead atoms. The van der Waals surface area contributed by atoms with Crippen LogP contribution in [0.15, 0.2) is 67.3 Å². The van der Waals surface area contributed by atoms with Crippen LogP contribution in [0, 0.1) is 0 Å². The van der Waals surface area contributed by atoms with Crippen molar-refractivity contribution in [3.05, 3.63) is 83.4 Å². The number of hydrogen-bond donors (Lipinski definition) is 2. The van der Waals surface area contributed by atoms with Gasteiger partial charge in [-0.3, -0.25) is 14.8 Å². The van der Waals surface area contributed by atoms with Gasteiger partial charge < -0.3 is 10.6 Å². The second kappa shape index (κ2) is 7.57. The highest BCUT2D eigenvalue weighted by Crippen LogP contribution is 2.20. The summed E-state index contributed by atoms with van der Waals surface area (Å²) in [7, 11) is 0. The third kappa shape index (κ3) is 4.08. The van der Waals surface area contributed by atoms with E-state index in [0.717, 1.165) is 16.9 Å². The Balaban J connectivity index is 1.66. The Morgan fingerprint density at radius 3 is 2.62 bits per heavy atom. The SMILES string of the molecule is O=C(Nc1cccc(CNc2ccncc2Cl)c1)c1ccncc1. The zero-order valence-corrected chi connectivity index (χ0v) is 13.5. The molecule has 2 N–H and O–H groups in total. The molecule has 0 saturated heterocycles. The summed E-state index contributed by atoms with van der Waals surface area (Å²) >= 11 is 6.07. The first-order valence-electron chi connectivity index (χ1n) is 7.36. The van der Waals surface area contributed by atoms with Gasteiger partial charge in [-0.25, -0.2) is 0 Å². The molecule has 5 nitrogen and oxygen atoms in total. The fourth-order valence-corrected chi connectivity index (χ4v) is 2.37. The maximum absolute atomic E-state index is 12.2. The maximum Gasteiger partial charge on any atom is 0.255 e. The zero-order chi connectivity index (χ0) is 16.8. The van der Waals surface area contributed by atoms with Crippen molar-refractivity contribution < 1.29 is 4.79 Å². The lowest BCUT2D eigenvalue weighted by Crippen LogP contribution is -2.12. The van der Waals surface area contributed by atoms with Crippen LogP contribution < -0.4 is 10.6 Å². The Morgan fingerprint density at radius 2 is 1.83 bits per heavy atom. The van der Waals surface area contributed by atoms with E-state index in [2.05, 4.69) is 20.6 Å². The lowest BCUT2D eigenvalue weighted by atomic mass is 10.2. The molecule has 0 aliphatic carbocycles. The molecule has 2 heterocycles. The summed E-state index contributed by atoms with van der Waals surface area (Å²) in [5, 5.41) is 6.70. The predicted molar refractivity (Wildman–Crippen MR) is 95.2 cm³/mol. The second-order valence-corrected chi connectivity index (χ2v) is 5.51. The molecule has 3 aromatic rings. The van der Waals surface area contributed by atoms with E-state index < -0.39 is 0 Å². The van der Waals surface area contributed by atoms with Gasteiger partial charge >= 0.3 is 0 Å². The van der Waals surface area contributed by atoms with Gasteiger partial charge in [-0.05, 0) is 35.9 Å². The van der Waals surface area contributed by atoms with Crippen LogP contribution in [0.5, 0.6) is 0 Å². The Morgan fingerprint density at radius 1 is 1.04 bits per heavy atom. The van der Waals surface area contributed by atoms with Crippen LogP contribution >= 0.6 is 11.6 Å². The first-order valence-corrected chi connectivity index (χ1v) is 7.74. The van der Waals surface area contributed by atoms with Crippen molar-refractivity contribution in [2.45, 2.75) is 6.54 Å². The number of hydrogen-bond acceptors (Lipinski definition) is 4. The van der Waals surface area contributed by atoms with E-state index in [1.54, 1.807) is 36.9 Å². The van der Waals surface area contributed by atoms with E-state index in [9.17, 15) is 4.79 Å². The first kappa shape index (κ1) is 16.0. The number of nitrogens with one attached hydrogen (secondary N) is 2. The lowest BCUT2D eigenvalue weighted by molar-refractivity contribution is 0.102. The number of halogens is 1. The van der Waals surface area contributed by atoms with E-state index in [-0.39, 0.29) is 5.91 Å². The van der Waals surface area contributed by atoms with Crippen molar-refractivity contribution in [1.29, 1.82) is 0 Å². The number of anilines is 2. The van der Waals surface area contributed by atoms with E-state index in [0.29, 0.717) is 17.1 Å². The molecule has 24 heavy (non-hydrogen) atoms. The molecule has 0 aliphatic heterocycles. The minimum Gasteiger partial charge on any atom is -0.380 e. The third-order valence-electron chi connectivity index (χ3n) is 3.38. The summed E-state index contributed by atoms with van der Waals surface area (Å²) in [6.45, 7) is 0.586. The molecule has 2 aromatic heterocycles. The maximum atomic E-state index is 12.2. The molecule has 0 aliphatic rings. The molecule has 1 amide bonds. The van der Waals surface area contributed by atoms with E-state index in [4.69, 9.17) is 11.6 Å². The quantitative estimate of drug-likeness (QED) is 0.738. The van der Waals surface area contributed by atoms with Gasteiger partial charge in [0.25, 0.3) is 5.91 Å². The fourth-order valence-electron chi connectivity index (χ4n) is 2.18. The number of benzene rings is 1. The smallest absolute Gasteiger partial charge is 0.255 e. The van der Waals surface area contributed by atoms with Gasteiger partial charge in [-0.2, -0.15) is 0 Å². The van der Waals surface area contributed by atoms with Crippen LogP contribution in [0.25, 0.3) is 0 Å².